The van der Waals surface area contributed by atoms with Gasteiger partial charge in [0.1, 0.15) is 5.41 Å². The number of rotatable bonds is 4. The molecule has 2 saturated heterocycles. The Hall–Kier alpha value is -1.88. The number of likely N-dealkylation sites (N-methyl/N-ethyl adjacent to an activating group) is 1. The highest BCUT2D eigenvalue weighted by molar-refractivity contribution is 6.07. The lowest BCUT2D eigenvalue weighted by atomic mass is 9.68. The summed E-state index contributed by atoms with van der Waals surface area (Å²) in [7, 11) is 0. The van der Waals surface area contributed by atoms with Crippen LogP contribution in [0, 0.1) is 10.8 Å². The molecule has 1 saturated carbocycles. The molecule has 3 fully saturated rings. The molecule has 146 valence electrons. The van der Waals surface area contributed by atoms with Gasteiger partial charge in [0, 0.05) is 26.2 Å². The van der Waals surface area contributed by atoms with E-state index in [1.807, 2.05) is 4.90 Å². The fourth-order valence-electron chi connectivity index (χ4n) is 5.23. The van der Waals surface area contributed by atoms with Gasteiger partial charge in [0.2, 0.25) is 11.8 Å². The summed E-state index contributed by atoms with van der Waals surface area (Å²) in [6, 6.07) is 10.8. The van der Waals surface area contributed by atoms with Crippen LogP contribution in [0.1, 0.15) is 50.5 Å². The number of hydrogen-bond acceptors (Lipinski definition) is 3. The molecule has 4 rings (SSSR count). The number of carbonyl (C=O) groups excluding carboxylic acids is 2. The SMILES string of the molecule is CCN1C[C@H](c2ccccc2)CC2(CCN(C(=O)C3(C(N)=O)CC3)CC2)C1. The second-order valence-electron chi connectivity index (χ2n) is 8.88. The van der Waals surface area contributed by atoms with E-state index in [2.05, 4.69) is 42.2 Å². The van der Waals surface area contributed by atoms with Crippen LogP contribution in [-0.2, 0) is 9.59 Å². The fraction of sp³-hybridized carbons (Fsp3) is 0.636. The monoisotopic (exact) mass is 369 g/mol. The van der Waals surface area contributed by atoms with Crippen molar-refractivity contribution in [3.8, 4) is 0 Å². The zero-order chi connectivity index (χ0) is 19.1. The Bertz CT molecular complexity index is 706. The third-order valence-electron chi connectivity index (χ3n) is 7.18. The van der Waals surface area contributed by atoms with E-state index in [0.29, 0.717) is 18.8 Å². The van der Waals surface area contributed by atoms with Crippen LogP contribution in [0.15, 0.2) is 30.3 Å². The van der Waals surface area contributed by atoms with Crippen molar-refractivity contribution in [2.24, 2.45) is 16.6 Å². The summed E-state index contributed by atoms with van der Waals surface area (Å²) >= 11 is 0. The minimum atomic E-state index is -0.876. The molecular formula is C22H31N3O2. The van der Waals surface area contributed by atoms with Gasteiger partial charge in [0.05, 0.1) is 0 Å². The van der Waals surface area contributed by atoms with Gasteiger partial charge in [0.15, 0.2) is 0 Å². The Morgan fingerprint density at radius 3 is 2.33 bits per heavy atom. The van der Waals surface area contributed by atoms with Crippen molar-refractivity contribution in [2.75, 3.05) is 32.7 Å². The van der Waals surface area contributed by atoms with Crippen LogP contribution < -0.4 is 5.73 Å². The maximum Gasteiger partial charge on any atom is 0.238 e. The average Bonchev–Trinajstić information content (AvgIpc) is 3.50. The quantitative estimate of drug-likeness (QED) is 0.829. The van der Waals surface area contributed by atoms with Gasteiger partial charge in [0.25, 0.3) is 0 Å². The minimum absolute atomic E-state index is 0.0207. The lowest BCUT2D eigenvalue weighted by Gasteiger charge is -2.50. The van der Waals surface area contributed by atoms with Gasteiger partial charge in [-0.3, -0.25) is 9.59 Å². The number of nitrogens with two attached hydrogens (primary N) is 1. The standard InChI is InChI=1S/C22H31N3O2/c1-2-24-15-18(17-6-4-3-5-7-17)14-21(16-24)10-12-25(13-11-21)20(27)22(8-9-22)19(23)26/h3-7,18H,2,8-16H2,1H3,(H2,23,26)/t18-/m1/s1. The number of benzene rings is 1. The van der Waals surface area contributed by atoms with Gasteiger partial charge < -0.3 is 15.5 Å². The number of hydrogen-bond donors (Lipinski definition) is 1. The first-order chi connectivity index (χ1) is 13.0. The molecule has 1 aliphatic carbocycles. The smallest absolute Gasteiger partial charge is 0.238 e. The van der Waals surface area contributed by atoms with Gasteiger partial charge in [-0.25, -0.2) is 0 Å². The van der Waals surface area contributed by atoms with Crippen molar-refractivity contribution in [1.82, 2.24) is 9.80 Å². The molecule has 1 spiro atoms. The van der Waals surface area contributed by atoms with Crippen LogP contribution in [0.4, 0.5) is 0 Å². The van der Waals surface area contributed by atoms with Crippen molar-refractivity contribution >= 4 is 11.8 Å². The van der Waals surface area contributed by atoms with Crippen LogP contribution in [0.2, 0.25) is 0 Å². The molecule has 0 unspecified atom stereocenters. The van der Waals surface area contributed by atoms with Gasteiger partial charge in [-0.2, -0.15) is 0 Å². The molecule has 3 aliphatic rings. The maximum absolute atomic E-state index is 12.8. The Balaban J connectivity index is 1.46. The number of amides is 2. The van der Waals surface area contributed by atoms with Crippen molar-refractivity contribution < 1.29 is 9.59 Å². The molecule has 2 heterocycles. The highest BCUT2D eigenvalue weighted by Gasteiger charge is 2.57. The summed E-state index contributed by atoms with van der Waals surface area (Å²) in [6.45, 7) is 7.06. The molecule has 0 radical (unpaired) electrons. The van der Waals surface area contributed by atoms with E-state index in [-0.39, 0.29) is 11.3 Å². The van der Waals surface area contributed by atoms with Crippen LogP contribution in [-0.4, -0.2) is 54.3 Å². The molecule has 1 atom stereocenters. The van der Waals surface area contributed by atoms with Crippen molar-refractivity contribution in [2.45, 2.75) is 44.9 Å². The predicted octanol–water partition coefficient (Wildman–Crippen LogP) is 2.37. The van der Waals surface area contributed by atoms with E-state index in [1.165, 1.54) is 12.0 Å². The fourth-order valence-corrected chi connectivity index (χ4v) is 5.23. The van der Waals surface area contributed by atoms with Crippen molar-refractivity contribution in [1.29, 1.82) is 0 Å². The maximum atomic E-state index is 12.8. The Labute approximate surface area is 161 Å². The highest BCUT2D eigenvalue weighted by atomic mass is 16.2. The molecule has 1 aromatic carbocycles. The summed E-state index contributed by atoms with van der Waals surface area (Å²) in [6.07, 6.45) is 4.49. The molecule has 2 amide bonds. The normalized spacial score (nSPS) is 26.7. The van der Waals surface area contributed by atoms with E-state index in [1.54, 1.807) is 0 Å². The van der Waals surface area contributed by atoms with E-state index >= 15 is 0 Å². The van der Waals surface area contributed by atoms with Gasteiger partial charge in [-0.1, -0.05) is 37.3 Å². The predicted molar refractivity (Wildman–Crippen MR) is 105 cm³/mol. The van der Waals surface area contributed by atoms with Crippen molar-refractivity contribution in [3.63, 3.8) is 0 Å². The summed E-state index contributed by atoms with van der Waals surface area (Å²) in [5.41, 5.74) is 6.33. The van der Waals surface area contributed by atoms with E-state index in [9.17, 15) is 9.59 Å². The molecule has 5 nitrogen and oxygen atoms in total. The summed E-state index contributed by atoms with van der Waals surface area (Å²) in [5, 5.41) is 0. The molecule has 1 aromatic rings. The van der Waals surface area contributed by atoms with Crippen LogP contribution in [0.25, 0.3) is 0 Å². The highest BCUT2D eigenvalue weighted by Crippen LogP contribution is 2.49. The molecular weight excluding hydrogens is 338 g/mol. The summed E-state index contributed by atoms with van der Waals surface area (Å²) in [4.78, 5) is 29.0. The topological polar surface area (TPSA) is 66.6 Å². The zero-order valence-corrected chi connectivity index (χ0v) is 16.3. The van der Waals surface area contributed by atoms with Crippen molar-refractivity contribution in [3.05, 3.63) is 35.9 Å². The van der Waals surface area contributed by atoms with Gasteiger partial charge >= 0.3 is 0 Å². The van der Waals surface area contributed by atoms with Crippen LogP contribution in [0.3, 0.4) is 0 Å². The number of likely N-dealkylation sites (tertiary alicyclic amines) is 2. The second-order valence-corrected chi connectivity index (χ2v) is 8.88. The largest absolute Gasteiger partial charge is 0.369 e. The Morgan fingerprint density at radius 1 is 1.11 bits per heavy atom. The average molecular weight is 370 g/mol. The number of carbonyl (C=O) groups is 2. The molecule has 0 aromatic heterocycles. The van der Waals surface area contributed by atoms with E-state index in [0.717, 1.165) is 45.6 Å². The third-order valence-corrected chi connectivity index (χ3v) is 7.18. The second kappa shape index (κ2) is 6.93. The van der Waals surface area contributed by atoms with Crippen LogP contribution in [0.5, 0.6) is 0 Å². The summed E-state index contributed by atoms with van der Waals surface area (Å²) < 4.78 is 0. The summed E-state index contributed by atoms with van der Waals surface area (Å²) in [5.74, 6) is 0.0990. The first-order valence-electron chi connectivity index (χ1n) is 10.3. The van der Waals surface area contributed by atoms with Crippen LogP contribution >= 0.6 is 0 Å². The molecule has 0 bridgehead atoms. The molecule has 2 N–H and O–H groups in total. The first-order valence-corrected chi connectivity index (χ1v) is 10.3. The molecule has 5 heteroatoms. The van der Waals surface area contributed by atoms with E-state index < -0.39 is 11.3 Å². The molecule has 27 heavy (non-hydrogen) atoms. The lowest BCUT2D eigenvalue weighted by Crippen LogP contribution is -2.54. The first kappa shape index (κ1) is 18.5. The van der Waals surface area contributed by atoms with Gasteiger partial charge in [-0.15, -0.1) is 0 Å². The Morgan fingerprint density at radius 2 is 1.78 bits per heavy atom. The third kappa shape index (κ3) is 3.38. The lowest BCUT2D eigenvalue weighted by molar-refractivity contribution is -0.145. The Kier molecular flexibility index (Phi) is 4.75. The van der Waals surface area contributed by atoms with E-state index in [4.69, 9.17) is 5.73 Å². The zero-order valence-electron chi connectivity index (χ0n) is 16.3. The minimum Gasteiger partial charge on any atom is -0.369 e. The number of piperidine rings is 2. The molecule has 2 aliphatic heterocycles. The van der Waals surface area contributed by atoms with Gasteiger partial charge in [-0.05, 0) is 55.5 Å². The number of nitrogens with zero attached hydrogens (tertiary/aromatic N) is 2. The number of primary amides is 1.